The van der Waals surface area contributed by atoms with Crippen molar-refractivity contribution in [3.05, 3.63) is 47.6 Å². The highest BCUT2D eigenvalue weighted by Gasteiger charge is 2.35. The van der Waals surface area contributed by atoms with E-state index < -0.39 is 16.1 Å². The Kier molecular flexibility index (Phi) is 5.91. The van der Waals surface area contributed by atoms with Crippen molar-refractivity contribution in [3.63, 3.8) is 0 Å². The zero-order valence-electron chi connectivity index (χ0n) is 15.5. The molecule has 8 nitrogen and oxygen atoms in total. The number of aromatic nitrogens is 2. The van der Waals surface area contributed by atoms with Crippen LogP contribution in [0.25, 0.3) is 0 Å². The molecule has 0 bridgehead atoms. The molecule has 1 amide bonds. The van der Waals surface area contributed by atoms with Gasteiger partial charge in [-0.05, 0) is 31.9 Å². The first-order chi connectivity index (χ1) is 12.9. The Labute approximate surface area is 159 Å². The van der Waals surface area contributed by atoms with Gasteiger partial charge in [0.05, 0.1) is 5.75 Å². The summed E-state index contributed by atoms with van der Waals surface area (Å²) in [4.78, 5) is 19.0. The summed E-state index contributed by atoms with van der Waals surface area (Å²) in [5, 5.41) is 3.83. The SMILES string of the molecule is CCCS(=O)(=O)N1CCC(c2nc(C)no2)N(C(=O)c2ccccc2)CC1. The lowest BCUT2D eigenvalue weighted by atomic mass is 10.1. The molecule has 1 aliphatic rings. The van der Waals surface area contributed by atoms with Gasteiger partial charge in [0.1, 0.15) is 6.04 Å². The van der Waals surface area contributed by atoms with E-state index in [2.05, 4.69) is 10.1 Å². The van der Waals surface area contributed by atoms with Gasteiger partial charge in [-0.2, -0.15) is 4.98 Å². The molecule has 1 atom stereocenters. The molecule has 2 heterocycles. The number of carbonyl (C=O) groups excluding carboxylic acids is 1. The number of aryl methyl sites for hydroxylation is 1. The van der Waals surface area contributed by atoms with Gasteiger partial charge >= 0.3 is 0 Å². The van der Waals surface area contributed by atoms with Crippen LogP contribution in [0.3, 0.4) is 0 Å². The van der Waals surface area contributed by atoms with Crippen LogP contribution < -0.4 is 0 Å². The van der Waals surface area contributed by atoms with Crippen LogP contribution in [0.5, 0.6) is 0 Å². The largest absolute Gasteiger partial charge is 0.337 e. The van der Waals surface area contributed by atoms with Crippen LogP contribution in [0.1, 0.15) is 47.9 Å². The van der Waals surface area contributed by atoms with Gasteiger partial charge in [-0.3, -0.25) is 4.79 Å². The molecule has 1 fully saturated rings. The number of amides is 1. The van der Waals surface area contributed by atoms with Crippen molar-refractivity contribution in [2.45, 2.75) is 32.7 Å². The summed E-state index contributed by atoms with van der Waals surface area (Å²) < 4.78 is 31.8. The predicted octanol–water partition coefficient (Wildman–Crippen LogP) is 2.01. The normalized spacial score (nSPS) is 19.0. The van der Waals surface area contributed by atoms with Gasteiger partial charge in [0.15, 0.2) is 5.82 Å². The fourth-order valence-corrected chi connectivity index (χ4v) is 4.79. The minimum Gasteiger partial charge on any atom is -0.337 e. The highest BCUT2D eigenvalue weighted by Crippen LogP contribution is 2.28. The van der Waals surface area contributed by atoms with Crippen molar-refractivity contribution in [2.24, 2.45) is 0 Å². The molecule has 1 unspecified atom stereocenters. The van der Waals surface area contributed by atoms with Crippen molar-refractivity contribution in [1.29, 1.82) is 0 Å². The molecule has 27 heavy (non-hydrogen) atoms. The Bertz CT molecular complexity index is 882. The number of hydrogen-bond acceptors (Lipinski definition) is 6. The van der Waals surface area contributed by atoms with Gasteiger partial charge in [0, 0.05) is 25.2 Å². The van der Waals surface area contributed by atoms with E-state index in [4.69, 9.17) is 4.52 Å². The lowest BCUT2D eigenvalue weighted by Gasteiger charge is -2.27. The van der Waals surface area contributed by atoms with Gasteiger partial charge in [-0.25, -0.2) is 12.7 Å². The van der Waals surface area contributed by atoms with Crippen LogP contribution in [0.2, 0.25) is 0 Å². The zero-order chi connectivity index (χ0) is 19.4. The predicted molar refractivity (Wildman–Crippen MR) is 99.5 cm³/mol. The number of nitrogens with zero attached hydrogens (tertiary/aromatic N) is 4. The molecule has 146 valence electrons. The average Bonchev–Trinajstić information content (AvgIpc) is 2.95. The topological polar surface area (TPSA) is 96.6 Å². The summed E-state index contributed by atoms with van der Waals surface area (Å²) >= 11 is 0. The van der Waals surface area contributed by atoms with E-state index >= 15 is 0 Å². The summed E-state index contributed by atoms with van der Waals surface area (Å²) in [6, 6.07) is 8.48. The molecule has 1 aromatic carbocycles. The molecule has 9 heteroatoms. The second-order valence-corrected chi connectivity index (χ2v) is 8.65. The number of rotatable bonds is 5. The minimum atomic E-state index is -3.34. The van der Waals surface area contributed by atoms with E-state index in [1.807, 2.05) is 13.0 Å². The van der Waals surface area contributed by atoms with E-state index in [1.54, 1.807) is 36.1 Å². The number of carbonyl (C=O) groups is 1. The van der Waals surface area contributed by atoms with Crippen LogP contribution in [0, 0.1) is 6.92 Å². The smallest absolute Gasteiger partial charge is 0.254 e. The summed E-state index contributed by atoms with van der Waals surface area (Å²) in [6.07, 6.45) is 0.959. The number of hydrogen-bond donors (Lipinski definition) is 0. The lowest BCUT2D eigenvalue weighted by molar-refractivity contribution is 0.0652. The average molecular weight is 392 g/mol. The number of sulfonamides is 1. The summed E-state index contributed by atoms with van der Waals surface area (Å²) in [6.45, 7) is 4.38. The Morgan fingerprint density at radius 3 is 2.59 bits per heavy atom. The van der Waals surface area contributed by atoms with Gasteiger partial charge in [0.25, 0.3) is 5.91 Å². The molecule has 1 saturated heterocycles. The quantitative estimate of drug-likeness (QED) is 0.772. The number of benzene rings is 1. The standard InChI is InChI=1S/C18H24N4O4S/c1-3-13-27(24,25)21-10-9-16(17-19-14(2)20-26-17)22(12-11-21)18(23)15-7-5-4-6-8-15/h4-8,16H,3,9-13H2,1-2H3. The van der Waals surface area contributed by atoms with E-state index in [0.29, 0.717) is 36.7 Å². The molecule has 1 aromatic heterocycles. The molecule has 0 saturated carbocycles. The van der Waals surface area contributed by atoms with E-state index in [0.717, 1.165) is 0 Å². The fourth-order valence-electron chi connectivity index (χ4n) is 3.27. The monoisotopic (exact) mass is 392 g/mol. The van der Waals surface area contributed by atoms with Crippen molar-refractivity contribution >= 4 is 15.9 Å². The third-order valence-corrected chi connectivity index (χ3v) is 6.66. The van der Waals surface area contributed by atoms with Crippen LogP contribution in [0.15, 0.2) is 34.9 Å². The first-order valence-electron chi connectivity index (χ1n) is 9.06. The molecular formula is C18H24N4O4S. The third-order valence-electron chi connectivity index (χ3n) is 4.58. The second kappa shape index (κ2) is 8.18. The highest BCUT2D eigenvalue weighted by molar-refractivity contribution is 7.89. The Hall–Kier alpha value is -2.26. The maximum atomic E-state index is 13.1. The molecule has 0 aliphatic carbocycles. The Morgan fingerprint density at radius 1 is 1.22 bits per heavy atom. The molecule has 0 spiro atoms. The van der Waals surface area contributed by atoms with Crippen LogP contribution in [0.4, 0.5) is 0 Å². The van der Waals surface area contributed by atoms with E-state index in [-0.39, 0.29) is 24.7 Å². The molecular weight excluding hydrogens is 368 g/mol. The summed E-state index contributed by atoms with van der Waals surface area (Å²) in [7, 11) is -3.34. The maximum absolute atomic E-state index is 13.1. The first kappa shape index (κ1) is 19.5. The van der Waals surface area contributed by atoms with Crippen molar-refractivity contribution in [1.82, 2.24) is 19.3 Å². The molecule has 3 rings (SSSR count). The van der Waals surface area contributed by atoms with Crippen LogP contribution in [-0.4, -0.2) is 59.1 Å². The van der Waals surface area contributed by atoms with Crippen LogP contribution in [-0.2, 0) is 10.0 Å². The lowest BCUT2D eigenvalue weighted by Crippen LogP contribution is -2.39. The molecule has 0 radical (unpaired) electrons. The van der Waals surface area contributed by atoms with Crippen LogP contribution >= 0.6 is 0 Å². The fraction of sp³-hybridized carbons (Fsp3) is 0.500. The molecule has 1 aliphatic heterocycles. The van der Waals surface area contributed by atoms with Gasteiger partial charge in [0.2, 0.25) is 15.9 Å². The Balaban J connectivity index is 1.91. The maximum Gasteiger partial charge on any atom is 0.254 e. The zero-order valence-corrected chi connectivity index (χ0v) is 16.4. The van der Waals surface area contributed by atoms with Gasteiger partial charge in [-0.1, -0.05) is 30.3 Å². The summed E-state index contributed by atoms with van der Waals surface area (Å²) in [5.74, 6) is 0.749. The van der Waals surface area contributed by atoms with Crippen molar-refractivity contribution < 1.29 is 17.7 Å². The molecule has 2 aromatic rings. The first-order valence-corrected chi connectivity index (χ1v) is 10.7. The second-order valence-electron chi connectivity index (χ2n) is 6.56. The molecule has 0 N–H and O–H groups in total. The van der Waals surface area contributed by atoms with Gasteiger partial charge < -0.3 is 9.42 Å². The summed E-state index contributed by atoms with van der Waals surface area (Å²) in [5.41, 5.74) is 0.545. The van der Waals surface area contributed by atoms with Crippen molar-refractivity contribution in [2.75, 3.05) is 25.4 Å². The third kappa shape index (κ3) is 4.36. The van der Waals surface area contributed by atoms with Crippen molar-refractivity contribution in [3.8, 4) is 0 Å². The Morgan fingerprint density at radius 2 is 1.96 bits per heavy atom. The van der Waals surface area contributed by atoms with Gasteiger partial charge in [-0.15, -0.1) is 0 Å². The van der Waals surface area contributed by atoms with E-state index in [9.17, 15) is 13.2 Å². The highest BCUT2D eigenvalue weighted by atomic mass is 32.2. The van der Waals surface area contributed by atoms with E-state index in [1.165, 1.54) is 4.31 Å². The minimum absolute atomic E-state index is 0.101.